The van der Waals surface area contributed by atoms with Crippen LogP contribution in [0.3, 0.4) is 0 Å². The van der Waals surface area contributed by atoms with Crippen molar-refractivity contribution >= 4 is 29.8 Å². The minimum absolute atomic E-state index is 0.00385. The van der Waals surface area contributed by atoms with Crippen molar-refractivity contribution in [2.75, 3.05) is 26.3 Å². The molecule has 0 radical (unpaired) electrons. The highest BCUT2D eigenvalue weighted by atomic mass is 19.4. The van der Waals surface area contributed by atoms with Gasteiger partial charge in [0.2, 0.25) is 11.8 Å². The van der Waals surface area contributed by atoms with Crippen LogP contribution in [0.4, 0.5) is 13.2 Å². The summed E-state index contributed by atoms with van der Waals surface area (Å²) < 4.78 is 61.3. The number of carbonyl (C=O) groups is 4. The predicted octanol–water partition coefficient (Wildman–Crippen LogP) is 3.86. The standard InChI is InChI=1S/C37H50F3N3O10/c1-3-5-7-15-35(16-8-6-4-2)51-29-26-21-36(34(48)42-17-14-27(45)41-18-19-44)31(33(47)50-26)43(53-32(36)30(29)52-35)22-25-11-9-10-24(20-25)12-13-28(46)49-23-37(38,39)40/h9-13,20,26,29-32,44H,3-8,14-19,21-23H2,1-2H3,(H,41,45)(H,42,48)/t26-,29+,30+,31+,32-,36+/m1/s1. The zero-order chi connectivity index (χ0) is 38.2. The summed E-state index contributed by atoms with van der Waals surface area (Å²) in [6.07, 6.45) is 1.37. The molecule has 3 aliphatic heterocycles. The van der Waals surface area contributed by atoms with Crippen molar-refractivity contribution in [1.82, 2.24) is 15.7 Å². The second-order valence-corrected chi connectivity index (χ2v) is 14.1. The van der Waals surface area contributed by atoms with E-state index in [0.29, 0.717) is 24.0 Å². The van der Waals surface area contributed by atoms with E-state index in [1.165, 1.54) is 11.1 Å². The summed E-state index contributed by atoms with van der Waals surface area (Å²) in [5.41, 5.74) is -0.388. The highest BCUT2D eigenvalue weighted by molar-refractivity contribution is 5.94. The maximum Gasteiger partial charge on any atom is 0.422 e. The van der Waals surface area contributed by atoms with Crippen LogP contribution in [0.2, 0.25) is 0 Å². The molecule has 4 aliphatic rings. The normalized spacial score (nSPS) is 27.4. The summed E-state index contributed by atoms with van der Waals surface area (Å²) in [7, 11) is 0. The van der Waals surface area contributed by atoms with Crippen LogP contribution in [0.5, 0.6) is 0 Å². The molecule has 1 aromatic rings. The molecule has 3 saturated heterocycles. The minimum Gasteiger partial charge on any atom is -0.458 e. The van der Waals surface area contributed by atoms with E-state index in [4.69, 9.17) is 24.2 Å². The monoisotopic (exact) mass is 753 g/mol. The second-order valence-electron chi connectivity index (χ2n) is 14.1. The third-order valence-corrected chi connectivity index (χ3v) is 10.1. The largest absolute Gasteiger partial charge is 0.458 e. The lowest BCUT2D eigenvalue weighted by Crippen LogP contribution is -2.69. The van der Waals surface area contributed by atoms with Crippen LogP contribution < -0.4 is 10.6 Å². The molecule has 4 fully saturated rings. The fourth-order valence-electron chi connectivity index (χ4n) is 7.78. The third-order valence-electron chi connectivity index (χ3n) is 10.1. The molecule has 16 heteroatoms. The highest BCUT2D eigenvalue weighted by Crippen LogP contribution is 2.58. The van der Waals surface area contributed by atoms with Gasteiger partial charge in [0, 0.05) is 44.8 Å². The average Bonchev–Trinajstić information content (AvgIpc) is 3.67. The molecule has 1 aliphatic carbocycles. The first-order valence-electron chi connectivity index (χ1n) is 18.5. The average molecular weight is 754 g/mol. The summed E-state index contributed by atoms with van der Waals surface area (Å²) in [5, 5.41) is 15.9. The van der Waals surface area contributed by atoms with Gasteiger partial charge in [-0.05, 0) is 30.0 Å². The van der Waals surface area contributed by atoms with E-state index in [0.717, 1.165) is 44.6 Å². The lowest BCUT2D eigenvalue weighted by atomic mass is 9.62. The number of alkyl halides is 3. The van der Waals surface area contributed by atoms with Crippen molar-refractivity contribution in [3.8, 4) is 0 Å². The van der Waals surface area contributed by atoms with E-state index >= 15 is 0 Å². The molecule has 1 aromatic carbocycles. The summed E-state index contributed by atoms with van der Waals surface area (Å²) in [6, 6.07) is 5.52. The Balaban J connectivity index is 1.42. The molecule has 294 valence electrons. The van der Waals surface area contributed by atoms with Gasteiger partial charge in [-0.3, -0.25) is 19.2 Å². The van der Waals surface area contributed by atoms with Gasteiger partial charge >= 0.3 is 18.1 Å². The second kappa shape index (κ2) is 17.7. The Kier molecular flexibility index (Phi) is 13.6. The van der Waals surface area contributed by atoms with E-state index < -0.39 is 72.3 Å². The van der Waals surface area contributed by atoms with Gasteiger partial charge in [-0.1, -0.05) is 63.8 Å². The van der Waals surface area contributed by atoms with Crippen LogP contribution in [-0.2, 0) is 49.5 Å². The lowest BCUT2D eigenvalue weighted by molar-refractivity contribution is -0.224. The number of halogens is 3. The summed E-state index contributed by atoms with van der Waals surface area (Å²) in [6.45, 7) is 2.34. The number of esters is 2. The summed E-state index contributed by atoms with van der Waals surface area (Å²) >= 11 is 0. The molecule has 0 spiro atoms. The number of benzene rings is 1. The number of amides is 2. The summed E-state index contributed by atoms with van der Waals surface area (Å²) in [5.74, 6) is -3.62. The van der Waals surface area contributed by atoms with Gasteiger partial charge in [-0.15, -0.1) is 0 Å². The number of hydrogen-bond donors (Lipinski definition) is 3. The molecule has 1 saturated carbocycles. The predicted molar refractivity (Wildman–Crippen MR) is 182 cm³/mol. The number of hydrogen-bond acceptors (Lipinski definition) is 11. The quantitative estimate of drug-likeness (QED) is 0.107. The van der Waals surface area contributed by atoms with E-state index in [2.05, 4.69) is 29.2 Å². The molecular formula is C37H50F3N3O10. The van der Waals surface area contributed by atoms with Crippen molar-refractivity contribution in [3.63, 3.8) is 0 Å². The van der Waals surface area contributed by atoms with Gasteiger partial charge in [0.1, 0.15) is 29.8 Å². The van der Waals surface area contributed by atoms with E-state index in [1.54, 1.807) is 24.3 Å². The maximum absolute atomic E-state index is 14.4. The molecule has 53 heavy (non-hydrogen) atoms. The van der Waals surface area contributed by atoms with Crippen molar-refractivity contribution in [3.05, 3.63) is 41.5 Å². The van der Waals surface area contributed by atoms with Crippen LogP contribution >= 0.6 is 0 Å². The first-order chi connectivity index (χ1) is 25.3. The SMILES string of the molecule is CCCCCC1(CCCCC)O[C@@H]2[C@H](O1)[C@H]1ON(Cc3cccc(C=CC(=O)OCC(F)(F)F)c3)[C@H]3C(=O)O[C@@H]2C[C@@]13C(=O)NCCC(=O)NCCO. The van der Waals surface area contributed by atoms with Crippen LogP contribution in [0, 0.1) is 5.41 Å². The van der Waals surface area contributed by atoms with Gasteiger partial charge in [-0.2, -0.15) is 18.2 Å². The van der Waals surface area contributed by atoms with Gasteiger partial charge < -0.3 is 34.7 Å². The Morgan fingerprint density at radius 2 is 1.75 bits per heavy atom. The molecular weight excluding hydrogens is 703 g/mol. The molecule has 2 bridgehead atoms. The zero-order valence-corrected chi connectivity index (χ0v) is 30.2. The van der Waals surface area contributed by atoms with Crippen LogP contribution in [0.15, 0.2) is 30.3 Å². The number of ether oxygens (including phenoxy) is 4. The van der Waals surface area contributed by atoms with Crippen molar-refractivity contribution < 1.29 is 61.2 Å². The molecule has 13 nitrogen and oxygen atoms in total. The van der Waals surface area contributed by atoms with E-state index in [9.17, 15) is 32.3 Å². The van der Waals surface area contributed by atoms with Crippen molar-refractivity contribution in [2.24, 2.45) is 5.41 Å². The molecule has 5 rings (SSSR count). The van der Waals surface area contributed by atoms with Crippen LogP contribution in [-0.4, -0.2) is 103 Å². The first kappa shape index (κ1) is 40.6. The van der Waals surface area contributed by atoms with Crippen molar-refractivity contribution in [2.45, 2.75) is 127 Å². The van der Waals surface area contributed by atoms with Gasteiger partial charge in [0.05, 0.1) is 13.2 Å². The Morgan fingerprint density at radius 3 is 2.43 bits per heavy atom. The number of hydroxylamine groups is 2. The molecule has 6 atom stereocenters. The number of aliphatic hydroxyl groups excluding tert-OH is 1. The number of fused-ring (bicyclic) bond motifs is 4. The molecule has 3 N–H and O–H groups in total. The Bertz CT molecular complexity index is 1480. The molecule has 0 aromatic heterocycles. The topological polar surface area (TPSA) is 162 Å². The molecule has 2 amide bonds. The summed E-state index contributed by atoms with van der Waals surface area (Å²) in [4.78, 5) is 59.1. The number of aliphatic hydroxyl groups is 1. The number of carbonyl (C=O) groups excluding carboxylic acids is 4. The third kappa shape index (κ3) is 9.57. The first-order valence-corrected chi connectivity index (χ1v) is 18.5. The fraction of sp³-hybridized carbons (Fsp3) is 0.676. The van der Waals surface area contributed by atoms with Gasteiger partial charge in [0.15, 0.2) is 18.4 Å². The molecule has 3 heterocycles. The maximum atomic E-state index is 14.4. The highest BCUT2D eigenvalue weighted by Gasteiger charge is 2.76. The van der Waals surface area contributed by atoms with Crippen LogP contribution in [0.1, 0.15) is 89.2 Å². The Labute approximate surface area is 306 Å². The smallest absolute Gasteiger partial charge is 0.422 e. The van der Waals surface area contributed by atoms with Crippen molar-refractivity contribution in [1.29, 1.82) is 0 Å². The van der Waals surface area contributed by atoms with Gasteiger partial charge in [0.25, 0.3) is 0 Å². The Hall–Kier alpha value is -3.57. The zero-order valence-electron chi connectivity index (χ0n) is 30.2. The Morgan fingerprint density at radius 1 is 1.04 bits per heavy atom. The van der Waals surface area contributed by atoms with Gasteiger partial charge in [-0.25, -0.2) is 4.79 Å². The van der Waals surface area contributed by atoms with Crippen LogP contribution in [0.25, 0.3) is 6.08 Å². The van der Waals surface area contributed by atoms with E-state index in [1.807, 2.05) is 0 Å². The number of rotatable bonds is 19. The van der Waals surface area contributed by atoms with E-state index in [-0.39, 0.29) is 45.0 Å². The lowest BCUT2D eigenvalue weighted by Gasteiger charge is -2.48. The number of unbranched alkanes of at least 4 members (excludes halogenated alkanes) is 4. The fourth-order valence-corrected chi connectivity index (χ4v) is 7.78. The minimum atomic E-state index is -4.65. The number of nitrogens with zero attached hydrogens (tertiary/aromatic N) is 1. The number of nitrogens with one attached hydrogen (secondary N) is 2. The molecule has 0 unspecified atom stereocenters.